The highest BCUT2D eigenvalue weighted by atomic mass is 16.3. The van der Waals surface area contributed by atoms with E-state index >= 15 is 0 Å². The molecule has 2 fully saturated rings. The highest BCUT2D eigenvalue weighted by Gasteiger charge is 2.56. The number of benzene rings is 1. The molecule has 0 spiro atoms. The Labute approximate surface area is 127 Å². The van der Waals surface area contributed by atoms with Crippen LogP contribution >= 0.6 is 0 Å². The van der Waals surface area contributed by atoms with Crippen molar-refractivity contribution in [2.75, 3.05) is 0 Å². The number of aliphatic hydroxyl groups is 1. The van der Waals surface area contributed by atoms with Crippen LogP contribution in [0.5, 0.6) is 5.75 Å². The van der Waals surface area contributed by atoms with Crippen molar-refractivity contribution >= 4 is 0 Å². The number of aliphatic hydroxyl groups excluding tert-OH is 1. The van der Waals surface area contributed by atoms with Crippen molar-refractivity contribution in [1.29, 1.82) is 0 Å². The van der Waals surface area contributed by atoms with E-state index in [1.54, 1.807) is 0 Å². The Morgan fingerprint density at radius 2 is 2.05 bits per heavy atom. The molecule has 0 radical (unpaired) electrons. The van der Waals surface area contributed by atoms with Crippen LogP contribution in [0, 0.1) is 23.2 Å². The molecule has 0 saturated heterocycles. The molecule has 2 nitrogen and oxygen atoms in total. The quantitative estimate of drug-likeness (QED) is 0.760. The van der Waals surface area contributed by atoms with Gasteiger partial charge in [-0.1, -0.05) is 19.9 Å². The first-order valence-corrected chi connectivity index (χ1v) is 8.50. The van der Waals surface area contributed by atoms with Crippen molar-refractivity contribution < 1.29 is 10.2 Å². The summed E-state index contributed by atoms with van der Waals surface area (Å²) in [6.07, 6.45) is 5.71. The lowest BCUT2D eigenvalue weighted by molar-refractivity contribution is -0.0309. The van der Waals surface area contributed by atoms with Crippen molar-refractivity contribution in [3.05, 3.63) is 29.3 Å². The number of hydrogen-bond acceptors (Lipinski definition) is 2. The third-order valence-electron chi connectivity index (χ3n) is 6.99. The molecular formula is C19H26O2. The van der Waals surface area contributed by atoms with Crippen LogP contribution in [0.2, 0.25) is 0 Å². The van der Waals surface area contributed by atoms with Gasteiger partial charge < -0.3 is 10.2 Å². The molecule has 3 aliphatic carbocycles. The lowest BCUT2D eigenvalue weighted by atomic mass is 9.55. The fourth-order valence-corrected chi connectivity index (χ4v) is 5.91. The molecular weight excluding hydrogens is 260 g/mol. The van der Waals surface area contributed by atoms with Gasteiger partial charge in [0, 0.05) is 0 Å². The molecule has 0 unspecified atom stereocenters. The van der Waals surface area contributed by atoms with Crippen LogP contribution in [-0.2, 0) is 6.42 Å². The number of fused-ring (bicyclic) bond motifs is 5. The van der Waals surface area contributed by atoms with Gasteiger partial charge in [0.25, 0.3) is 0 Å². The zero-order valence-electron chi connectivity index (χ0n) is 13.0. The fraction of sp³-hybridized carbons (Fsp3) is 0.684. The molecule has 6 atom stereocenters. The number of hydrogen-bond donors (Lipinski definition) is 2. The molecule has 0 amide bonds. The standard InChI is InChI=1S/C19H26O2/c1-11-9-17-16-5-3-12-10-13(20)4-6-14(12)15(16)7-8-19(17,2)18(11)21/h4,6,10-11,15-18,20-21H,3,5,7-9H2,1-2H3/t11-,15+,16+,17-,18-,19-/m0/s1. The SMILES string of the molecule is C[C@H]1C[C@H]2[C@@H]3CCc4cc(O)ccc4[C@H]3CC[C@]2(C)[C@H]1O. The number of aryl methyl sites for hydroxylation is 1. The maximum absolute atomic E-state index is 10.6. The Kier molecular flexibility index (Phi) is 2.91. The molecule has 0 aliphatic heterocycles. The van der Waals surface area contributed by atoms with E-state index in [0.29, 0.717) is 23.5 Å². The van der Waals surface area contributed by atoms with E-state index in [0.717, 1.165) is 18.8 Å². The van der Waals surface area contributed by atoms with E-state index < -0.39 is 0 Å². The predicted octanol–water partition coefficient (Wildman–Crippen LogP) is 3.86. The van der Waals surface area contributed by atoms with Crippen molar-refractivity contribution in [1.82, 2.24) is 0 Å². The highest BCUT2D eigenvalue weighted by molar-refractivity contribution is 5.40. The third kappa shape index (κ3) is 1.81. The lowest BCUT2D eigenvalue weighted by Crippen LogP contribution is -2.44. The van der Waals surface area contributed by atoms with Gasteiger partial charge in [-0.25, -0.2) is 0 Å². The summed E-state index contributed by atoms with van der Waals surface area (Å²) in [7, 11) is 0. The number of rotatable bonds is 0. The second kappa shape index (κ2) is 4.49. The molecule has 4 rings (SSSR count). The molecule has 2 saturated carbocycles. The number of phenols is 1. The summed E-state index contributed by atoms with van der Waals surface area (Å²) in [6, 6.07) is 5.96. The van der Waals surface area contributed by atoms with Gasteiger partial charge >= 0.3 is 0 Å². The smallest absolute Gasteiger partial charge is 0.115 e. The first kappa shape index (κ1) is 13.6. The molecule has 114 valence electrons. The van der Waals surface area contributed by atoms with Gasteiger partial charge in [0.1, 0.15) is 5.75 Å². The van der Waals surface area contributed by atoms with Gasteiger partial charge in [-0.2, -0.15) is 0 Å². The Hall–Kier alpha value is -1.02. The number of aromatic hydroxyl groups is 1. The minimum atomic E-state index is -0.121. The van der Waals surface area contributed by atoms with Gasteiger partial charge in [-0.15, -0.1) is 0 Å². The largest absolute Gasteiger partial charge is 0.508 e. The van der Waals surface area contributed by atoms with Crippen LogP contribution in [0.25, 0.3) is 0 Å². The molecule has 0 bridgehead atoms. The Bertz CT molecular complexity index is 567. The van der Waals surface area contributed by atoms with Crippen molar-refractivity contribution in [2.24, 2.45) is 23.2 Å². The van der Waals surface area contributed by atoms with Crippen LogP contribution in [0.1, 0.15) is 56.6 Å². The van der Waals surface area contributed by atoms with E-state index in [2.05, 4.69) is 19.9 Å². The molecule has 1 aromatic carbocycles. The van der Waals surface area contributed by atoms with Crippen LogP contribution < -0.4 is 0 Å². The van der Waals surface area contributed by atoms with Gasteiger partial charge in [0.15, 0.2) is 0 Å². The average molecular weight is 286 g/mol. The molecule has 2 N–H and O–H groups in total. The zero-order chi connectivity index (χ0) is 14.8. The van der Waals surface area contributed by atoms with E-state index in [1.165, 1.54) is 30.4 Å². The zero-order valence-corrected chi connectivity index (χ0v) is 13.0. The van der Waals surface area contributed by atoms with E-state index in [9.17, 15) is 10.2 Å². The van der Waals surface area contributed by atoms with Crippen LogP contribution in [0.15, 0.2) is 18.2 Å². The Morgan fingerprint density at radius 1 is 1.24 bits per heavy atom. The monoisotopic (exact) mass is 286 g/mol. The van der Waals surface area contributed by atoms with Crippen LogP contribution in [0.4, 0.5) is 0 Å². The molecule has 0 aromatic heterocycles. The minimum Gasteiger partial charge on any atom is -0.508 e. The lowest BCUT2D eigenvalue weighted by Gasteiger charge is -2.50. The van der Waals surface area contributed by atoms with Crippen molar-refractivity contribution in [3.63, 3.8) is 0 Å². The third-order valence-corrected chi connectivity index (χ3v) is 6.99. The highest BCUT2D eigenvalue weighted by Crippen LogP contribution is 2.62. The van der Waals surface area contributed by atoms with Gasteiger partial charge in [0.2, 0.25) is 0 Å². The minimum absolute atomic E-state index is 0.121. The second-order valence-corrected chi connectivity index (χ2v) is 8.00. The summed E-state index contributed by atoms with van der Waals surface area (Å²) in [5.41, 5.74) is 2.96. The summed E-state index contributed by atoms with van der Waals surface area (Å²) in [6.45, 7) is 4.55. The normalized spacial score (nSPS) is 44.8. The molecule has 21 heavy (non-hydrogen) atoms. The van der Waals surface area contributed by atoms with Crippen molar-refractivity contribution in [3.8, 4) is 5.75 Å². The number of phenolic OH excluding ortho intramolecular Hbond substituents is 1. The fourth-order valence-electron chi connectivity index (χ4n) is 5.91. The van der Waals surface area contributed by atoms with Crippen LogP contribution in [-0.4, -0.2) is 16.3 Å². The Morgan fingerprint density at radius 3 is 2.86 bits per heavy atom. The van der Waals surface area contributed by atoms with Crippen LogP contribution in [0.3, 0.4) is 0 Å². The van der Waals surface area contributed by atoms with Gasteiger partial charge in [0.05, 0.1) is 6.10 Å². The summed E-state index contributed by atoms with van der Waals surface area (Å²) in [5.74, 6) is 2.88. The first-order chi connectivity index (χ1) is 10.0. The summed E-state index contributed by atoms with van der Waals surface area (Å²) >= 11 is 0. The van der Waals surface area contributed by atoms with Gasteiger partial charge in [-0.05, 0) is 84.5 Å². The first-order valence-electron chi connectivity index (χ1n) is 8.50. The second-order valence-electron chi connectivity index (χ2n) is 8.00. The average Bonchev–Trinajstić information content (AvgIpc) is 2.70. The molecule has 3 aliphatic rings. The topological polar surface area (TPSA) is 40.5 Å². The maximum Gasteiger partial charge on any atom is 0.115 e. The van der Waals surface area contributed by atoms with Gasteiger partial charge in [-0.3, -0.25) is 0 Å². The molecule has 1 aromatic rings. The van der Waals surface area contributed by atoms with E-state index in [-0.39, 0.29) is 11.5 Å². The summed E-state index contributed by atoms with van der Waals surface area (Å²) < 4.78 is 0. The van der Waals surface area contributed by atoms with Crippen molar-refractivity contribution in [2.45, 2.75) is 58.0 Å². The maximum atomic E-state index is 10.6. The Balaban J connectivity index is 1.71. The predicted molar refractivity (Wildman–Crippen MR) is 83.3 cm³/mol. The van der Waals surface area contributed by atoms with E-state index in [4.69, 9.17) is 0 Å². The summed E-state index contributed by atoms with van der Waals surface area (Å²) in [5, 5.41) is 20.4. The molecule has 0 heterocycles. The summed E-state index contributed by atoms with van der Waals surface area (Å²) in [4.78, 5) is 0. The van der Waals surface area contributed by atoms with E-state index in [1.807, 2.05) is 12.1 Å². The molecule has 2 heteroatoms.